The van der Waals surface area contributed by atoms with Gasteiger partial charge in [-0.15, -0.1) is 0 Å². The molecule has 3 aromatic rings. The average Bonchev–Trinajstić information content (AvgIpc) is 2.83. The van der Waals surface area contributed by atoms with Gasteiger partial charge < -0.3 is 15.5 Å². The summed E-state index contributed by atoms with van der Waals surface area (Å²) in [6.07, 6.45) is 5.39. The molecular weight excluding hydrogens is 412 g/mol. The van der Waals surface area contributed by atoms with Crippen LogP contribution in [0.1, 0.15) is 45.2 Å². The van der Waals surface area contributed by atoms with E-state index >= 15 is 0 Å². The van der Waals surface area contributed by atoms with E-state index in [4.69, 9.17) is 5.26 Å². The lowest BCUT2D eigenvalue weighted by Crippen LogP contribution is -2.39. The molecule has 2 N–H and O–H groups in total. The number of nitrogens with one attached hydrogen (secondary N) is 2. The Morgan fingerprint density at radius 1 is 1.18 bits per heavy atom. The summed E-state index contributed by atoms with van der Waals surface area (Å²) >= 11 is 0. The fraction of sp³-hybridized carbons (Fsp3) is 0.308. The number of pyridine rings is 2. The highest BCUT2D eigenvalue weighted by Gasteiger charge is 2.22. The topological polar surface area (TPSA) is 93.9 Å². The quantitative estimate of drug-likeness (QED) is 0.515. The van der Waals surface area contributed by atoms with Crippen LogP contribution in [-0.2, 0) is 10.3 Å². The third-order valence-electron chi connectivity index (χ3n) is 5.58. The van der Waals surface area contributed by atoms with Gasteiger partial charge in [-0.25, -0.2) is 4.98 Å². The molecule has 0 bridgehead atoms. The molecule has 2 heterocycles. The van der Waals surface area contributed by atoms with E-state index in [0.717, 1.165) is 28.0 Å². The Bertz CT molecular complexity index is 1170. The minimum atomic E-state index is -0.311. The van der Waals surface area contributed by atoms with Crippen molar-refractivity contribution in [2.75, 3.05) is 18.0 Å². The summed E-state index contributed by atoms with van der Waals surface area (Å²) in [5.74, 6) is 0.661. The van der Waals surface area contributed by atoms with Crippen LogP contribution < -0.4 is 15.5 Å². The van der Waals surface area contributed by atoms with E-state index < -0.39 is 0 Å². The van der Waals surface area contributed by atoms with Crippen LogP contribution in [0.15, 0.2) is 66.8 Å². The van der Waals surface area contributed by atoms with Crippen LogP contribution in [0.25, 0.3) is 10.9 Å². The molecule has 0 aliphatic heterocycles. The van der Waals surface area contributed by atoms with E-state index in [9.17, 15) is 4.79 Å². The first-order valence-electron chi connectivity index (χ1n) is 11.0. The zero-order valence-electron chi connectivity index (χ0n) is 19.6. The van der Waals surface area contributed by atoms with Gasteiger partial charge in [0.1, 0.15) is 11.9 Å². The molecule has 1 amide bonds. The summed E-state index contributed by atoms with van der Waals surface area (Å²) < 4.78 is 0. The minimum Gasteiger partial charge on any atom is -0.331 e. The van der Waals surface area contributed by atoms with Gasteiger partial charge in [0.15, 0.2) is 0 Å². The third-order valence-corrected chi connectivity index (χ3v) is 5.58. The zero-order valence-corrected chi connectivity index (χ0v) is 19.6. The van der Waals surface area contributed by atoms with Crippen LogP contribution in [0.3, 0.4) is 0 Å². The van der Waals surface area contributed by atoms with Crippen LogP contribution in [0.5, 0.6) is 0 Å². The lowest BCUT2D eigenvalue weighted by Gasteiger charge is -2.28. The Labute approximate surface area is 195 Å². The van der Waals surface area contributed by atoms with Gasteiger partial charge in [0.2, 0.25) is 5.91 Å². The van der Waals surface area contributed by atoms with E-state index in [1.165, 1.54) is 0 Å². The maximum absolute atomic E-state index is 12.4. The molecule has 33 heavy (non-hydrogen) atoms. The summed E-state index contributed by atoms with van der Waals surface area (Å²) in [6.45, 7) is 9.37. The maximum atomic E-state index is 12.4. The molecule has 0 aliphatic rings. The number of carbonyl (C=O) groups excluding carboxylic acids is 1. The third kappa shape index (κ3) is 5.93. The molecule has 0 atom stereocenters. The number of hydrogen-bond donors (Lipinski definition) is 2. The average molecular weight is 443 g/mol. The molecule has 7 nitrogen and oxygen atoms in total. The molecule has 0 fully saturated rings. The lowest BCUT2D eigenvalue weighted by atomic mass is 9.90. The number of allylic oxidation sites excluding steroid dienone is 1. The summed E-state index contributed by atoms with van der Waals surface area (Å²) in [7, 11) is 0. The molecule has 3 rings (SSSR count). The van der Waals surface area contributed by atoms with Crippen molar-refractivity contribution < 1.29 is 4.79 Å². The monoisotopic (exact) mass is 442 g/mol. The van der Waals surface area contributed by atoms with Gasteiger partial charge in [0.25, 0.3) is 0 Å². The molecule has 0 aliphatic carbocycles. The number of amides is 1. The van der Waals surface area contributed by atoms with Gasteiger partial charge in [0, 0.05) is 54.7 Å². The van der Waals surface area contributed by atoms with E-state index in [-0.39, 0.29) is 11.4 Å². The predicted octanol–water partition coefficient (Wildman–Crippen LogP) is 4.22. The number of nitrogens with zero attached hydrogens (tertiary/aromatic N) is 4. The predicted molar refractivity (Wildman–Crippen MR) is 131 cm³/mol. The standard InChI is InChI=1S/C26H30N6O/c1-5-32(24-12-11-20(16-27)18-29-24)19(2)17-30-25(33)13-15-31-26(3,4)22-9-6-10-23-21(22)8-7-14-28-23/h6-12,14,17-18,31H,5,13,15H2,1-4H3,(H,30,33)/b19-17+. The van der Waals surface area contributed by atoms with Crippen molar-refractivity contribution in [2.45, 2.75) is 39.7 Å². The first-order chi connectivity index (χ1) is 15.9. The van der Waals surface area contributed by atoms with Gasteiger partial charge in [-0.1, -0.05) is 18.2 Å². The molecule has 0 saturated carbocycles. The maximum Gasteiger partial charge on any atom is 0.225 e. The first kappa shape index (κ1) is 23.9. The number of nitriles is 1. The molecular formula is C26H30N6O. The number of carbonyl (C=O) groups is 1. The number of aromatic nitrogens is 2. The normalized spacial score (nSPS) is 11.8. The van der Waals surface area contributed by atoms with Crippen LogP contribution in [0, 0.1) is 11.3 Å². The van der Waals surface area contributed by atoms with Crippen molar-refractivity contribution in [3.8, 4) is 6.07 Å². The highest BCUT2D eigenvalue weighted by Crippen LogP contribution is 2.27. The molecule has 7 heteroatoms. The largest absolute Gasteiger partial charge is 0.331 e. The Kier molecular flexibility index (Phi) is 7.75. The van der Waals surface area contributed by atoms with Gasteiger partial charge in [0.05, 0.1) is 11.1 Å². The van der Waals surface area contributed by atoms with Crippen LogP contribution in [0.2, 0.25) is 0 Å². The van der Waals surface area contributed by atoms with Crippen molar-refractivity contribution in [1.29, 1.82) is 5.26 Å². The molecule has 2 aromatic heterocycles. The second kappa shape index (κ2) is 10.7. The molecule has 0 unspecified atom stereocenters. The second-order valence-electron chi connectivity index (χ2n) is 8.29. The SMILES string of the molecule is CCN(/C(C)=C/NC(=O)CCNC(C)(C)c1cccc2ncccc12)c1ccc(C#N)cn1. The lowest BCUT2D eigenvalue weighted by molar-refractivity contribution is -0.120. The number of anilines is 1. The summed E-state index contributed by atoms with van der Waals surface area (Å²) in [6, 6.07) is 15.7. The first-order valence-corrected chi connectivity index (χ1v) is 11.0. The highest BCUT2D eigenvalue weighted by molar-refractivity contribution is 5.83. The Morgan fingerprint density at radius 3 is 2.70 bits per heavy atom. The Hall–Kier alpha value is -3.76. The number of hydrogen-bond acceptors (Lipinski definition) is 6. The van der Waals surface area contributed by atoms with Crippen LogP contribution >= 0.6 is 0 Å². The van der Waals surface area contributed by atoms with Crippen molar-refractivity contribution in [2.24, 2.45) is 0 Å². The van der Waals surface area contributed by atoms with E-state index in [1.54, 1.807) is 30.7 Å². The number of fused-ring (bicyclic) bond motifs is 1. The second-order valence-corrected chi connectivity index (χ2v) is 8.29. The molecule has 170 valence electrons. The fourth-order valence-electron chi connectivity index (χ4n) is 3.77. The van der Waals surface area contributed by atoms with Gasteiger partial charge >= 0.3 is 0 Å². The van der Waals surface area contributed by atoms with E-state index in [0.29, 0.717) is 25.1 Å². The van der Waals surface area contributed by atoms with Gasteiger partial charge in [-0.05, 0) is 57.5 Å². The summed E-state index contributed by atoms with van der Waals surface area (Å²) in [4.78, 5) is 23.2. The van der Waals surface area contributed by atoms with Crippen molar-refractivity contribution in [1.82, 2.24) is 20.6 Å². The minimum absolute atomic E-state index is 0.0684. The van der Waals surface area contributed by atoms with Crippen molar-refractivity contribution >= 4 is 22.6 Å². The summed E-state index contributed by atoms with van der Waals surface area (Å²) in [5.41, 5.74) is 3.17. The fourth-order valence-corrected chi connectivity index (χ4v) is 3.77. The van der Waals surface area contributed by atoms with Gasteiger partial charge in [-0.2, -0.15) is 5.26 Å². The number of rotatable bonds is 9. The molecule has 0 spiro atoms. The van der Waals surface area contributed by atoms with Crippen molar-refractivity contribution in [3.05, 3.63) is 77.9 Å². The zero-order chi connectivity index (χ0) is 23.8. The van der Waals surface area contributed by atoms with Crippen molar-refractivity contribution in [3.63, 3.8) is 0 Å². The van der Waals surface area contributed by atoms with Gasteiger partial charge in [-0.3, -0.25) is 9.78 Å². The van der Waals surface area contributed by atoms with E-state index in [2.05, 4.69) is 52.7 Å². The Morgan fingerprint density at radius 2 is 2.00 bits per heavy atom. The molecule has 0 saturated heterocycles. The van der Waals surface area contributed by atoms with Crippen LogP contribution in [0.4, 0.5) is 5.82 Å². The van der Waals surface area contributed by atoms with E-state index in [1.807, 2.05) is 36.9 Å². The molecule has 1 aromatic carbocycles. The molecule has 0 radical (unpaired) electrons. The highest BCUT2D eigenvalue weighted by atomic mass is 16.1. The summed E-state index contributed by atoms with van der Waals surface area (Å²) in [5, 5.41) is 16.4. The smallest absolute Gasteiger partial charge is 0.225 e. The number of benzene rings is 1. The Balaban J connectivity index is 1.57. The van der Waals surface area contributed by atoms with Crippen LogP contribution in [-0.4, -0.2) is 29.0 Å².